The van der Waals surface area contributed by atoms with Gasteiger partial charge in [-0.15, -0.1) is 13.2 Å². The largest absolute Gasteiger partial charge is 0.394 e. The molecule has 2 N–H and O–H groups in total. The highest BCUT2D eigenvalue weighted by atomic mass is 16.5. The Kier molecular flexibility index (Phi) is 5.74. The predicted octanol–water partition coefficient (Wildman–Crippen LogP) is 0.0968. The van der Waals surface area contributed by atoms with Crippen molar-refractivity contribution in [1.29, 1.82) is 0 Å². The van der Waals surface area contributed by atoms with Gasteiger partial charge in [0, 0.05) is 0 Å². The molecule has 0 rings (SSSR count). The molecule has 0 saturated heterocycles. The second-order valence-corrected chi connectivity index (χ2v) is 2.07. The lowest BCUT2D eigenvalue weighted by Crippen LogP contribution is -2.30. The second kappa shape index (κ2) is 6.09. The molecule has 2 unspecified atom stereocenters. The number of rotatable bonds is 6. The maximum atomic E-state index is 9.06. The van der Waals surface area contributed by atoms with E-state index in [1.807, 2.05) is 0 Å². The van der Waals surface area contributed by atoms with E-state index in [2.05, 4.69) is 13.2 Å². The van der Waals surface area contributed by atoms with Crippen molar-refractivity contribution < 1.29 is 14.9 Å². The summed E-state index contributed by atoms with van der Waals surface area (Å²) < 4.78 is 5.05. The van der Waals surface area contributed by atoms with Crippen LogP contribution in [0.2, 0.25) is 0 Å². The molecular formula is C8H14O3. The van der Waals surface area contributed by atoms with Gasteiger partial charge in [-0.3, -0.25) is 0 Å². The van der Waals surface area contributed by atoms with Gasteiger partial charge in [0.05, 0.1) is 13.2 Å². The lowest BCUT2D eigenvalue weighted by atomic mass is 10.2. The molecular weight excluding hydrogens is 144 g/mol. The first-order valence-electron chi connectivity index (χ1n) is 3.40. The summed E-state index contributed by atoms with van der Waals surface area (Å²) in [6, 6.07) is 0. The Morgan fingerprint density at radius 2 is 2.09 bits per heavy atom. The Morgan fingerprint density at radius 1 is 1.45 bits per heavy atom. The van der Waals surface area contributed by atoms with Gasteiger partial charge < -0.3 is 14.9 Å². The molecule has 0 bridgehead atoms. The third-order valence-electron chi connectivity index (χ3n) is 1.21. The summed E-state index contributed by atoms with van der Waals surface area (Å²) in [6.07, 6.45) is 1.61. The van der Waals surface area contributed by atoms with Crippen molar-refractivity contribution in [2.75, 3.05) is 13.2 Å². The molecule has 11 heavy (non-hydrogen) atoms. The van der Waals surface area contributed by atoms with Crippen LogP contribution in [-0.4, -0.2) is 35.6 Å². The third kappa shape index (κ3) is 3.93. The van der Waals surface area contributed by atoms with Crippen molar-refractivity contribution in [1.82, 2.24) is 0 Å². The molecule has 0 saturated carbocycles. The van der Waals surface area contributed by atoms with Gasteiger partial charge in [-0.1, -0.05) is 12.2 Å². The second-order valence-electron chi connectivity index (χ2n) is 2.07. The molecule has 0 aliphatic heterocycles. The van der Waals surface area contributed by atoms with Crippen LogP contribution in [0.25, 0.3) is 0 Å². The van der Waals surface area contributed by atoms with Gasteiger partial charge in [0.25, 0.3) is 0 Å². The minimum atomic E-state index is -0.896. The first-order chi connectivity index (χ1) is 5.26. The molecule has 0 aromatic carbocycles. The maximum absolute atomic E-state index is 9.06. The van der Waals surface area contributed by atoms with E-state index in [-0.39, 0.29) is 6.61 Å². The van der Waals surface area contributed by atoms with Crippen molar-refractivity contribution in [2.24, 2.45) is 0 Å². The lowest BCUT2D eigenvalue weighted by Gasteiger charge is -2.16. The molecule has 64 valence electrons. The summed E-state index contributed by atoms with van der Waals surface area (Å²) >= 11 is 0. The fourth-order valence-corrected chi connectivity index (χ4v) is 0.619. The molecule has 0 amide bonds. The van der Waals surface area contributed by atoms with Gasteiger partial charge >= 0.3 is 0 Å². The van der Waals surface area contributed by atoms with Crippen LogP contribution >= 0.6 is 0 Å². The van der Waals surface area contributed by atoms with Crippen LogP contribution in [-0.2, 0) is 4.74 Å². The number of aliphatic hydroxyl groups excluding tert-OH is 2. The van der Waals surface area contributed by atoms with Gasteiger partial charge in [-0.2, -0.15) is 0 Å². The molecule has 0 aromatic rings. The highest BCUT2D eigenvalue weighted by Crippen LogP contribution is 1.99. The van der Waals surface area contributed by atoms with E-state index in [0.717, 1.165) is 0 Å². The van der Waals surface area contributed by atoms with Crippen LogP contribution < -0.4 is 0 Å². The maximum Gasteiger partial charge on any atom is 0.107 e. The Balaban J connectivity index is 3.73. The van der Waals surface area contributed by atoms with Crippen LogP contribution in [0.15, 0.2) is 25.3 Å². The van der Waals surface area contributed by atoms with E-state index < -0.39 is 12.2 Å². The molecule has 0 aromatic heterocycles. The van der Waals surface area contributed by atoms with Gasteiger partial charge in [-0.05, 0) is 0 Å². The van der Waals surface area contributed by atoms with Crippen molar-refractivity contribution in [3.63, 3.8) is 0 Å². The Labute approximate surface area is 66.6 Å². The summed E-state index contributed by atoms with van der Waals surface area (Å²) in [5.74, 6) is 0. The van der Waals surface area contributed by atoms with Crippen LogP contribution in [0, 0.1) is 0 Å². The fourth-order valence-electron chi connectivity index (χ4n) is 0.619. The summed E-state index contributed by atoms with van der Waals surface area (Å²) in [7, 11) is 0. The quantitative estimate of drug-likeness (QED) is 0.539. The number of aliphatic hydroxyl groups is 2. The standard InChI is InChI=1S/C8H14O3/c1-3-5-11-8(4-2)7(10)6-9/h3-4,7-10H,1-2,5-6H2. The van der Waals surface area contributed by atoms with Crippen LogP contribution in [0.3, 0.4) is 0 Å². The SMILES string of the molecule is C=CCOC(C=C)C(O)CO. The Hall–Kier alpha value is -0.640. The summed E-state index contributed by atoms with van der Waals surface area (Å²) in [5, 5.41) is 17.6. The fraction of sp³-hybridized carbons (Fsp3) is 0.500. The summed E-state index contributed by atoms with van der Waals surface area (Å²) in [4.78, 5) is 0. The molecule has 2 atom stereocenters. The van der Waals surface area contributed by atoms with Crippen molar-refractivity contribution in [3.8, 4) is 0 Å². The van der Waals surface area contributed by atoms with Gasteiger partial charge in [0.2, 0.25) is 0 Å². The molecule has 3 heteroatoms. The normalized spacial score (nSPS) is 15.5. The Bertz CT molecular complexity index is 123. The highest BCUT2D eigenvalue weighted by molar-refractivity contribution is 4.86. The zero-order chi connectivity index (χ0) is 8.69. The summed E-state index contributed by atoms with van der Waals surface area (Å²) in [5.41, 5.74) is 0. The van der Waals surface area contributed by atoms with Crippen LogP contribution in [0.4, 0.5) is 0 Å². The van der Waals surface area contributed by atoms with E-state index in [4.69, 9.17) is 14.9 Å². The zero-order valence-electron chi connectivity index (χ0n) is 6.44. The minimum absolute atomic E-state index is 0.326. The molecule has 0 aliphatic rings. The van der Waals surface area contributed by atoms with Gasteiger partial charge in [-0.25, -0.2) is 0 Å². The Morgan fingerprint density at radius 3 is 2.45 bits per heavy atom. The van der Waals surface area contributed by atoms with Crippen LogP contribution in [0.5, 0.6) is 0 Å². The number of ether oxygens (including phenoxy) is 1. The van der Waals surface area contributed by atoms with Crippen LogP contribution in [0.1, 0.15) is 0 Å². The number of hydrogen-bond acceptors (Lipinski definition) is 3. The minimum Gasteiger partial charge on any atom is -0.394 e. The average Bonchev–Trinajstić information content (AvgIpc) is 2.05. The van der Waals surface area contributed by atoms with E-state index in [1.54, 1.807) is 6.08 Å². The molecule has 0 fully saturated rings. The van der Waals surface area contributed by atoms with E-state index >= 15 is 0 Å². The molecule has 0 heterocycles. The van der Waals surface area contributed by atoms with Gasteiger partial charge in [0.1, 0.15) is 12.2 Å². The van der Waals surface area contributed by atoms with E-state index in [0.29, 0.717) is 6.61 Å². The number of hydrogen-bond donors (Lipinski definition) is 2. The molecule has 0 radical (unpaired) electrons. The summed E-state index contributed by atoms with van der Waals surface area (Å²) in [6.45, 7) is 6.92. The van der Waals surface area contributed by atoms with Gasteiger partial charge in [0.15, 0.2) is 0 Å². The monoisotopic (exact) mass is 158 g/mol. The smallest absolute Gasteiger partial charge is 0.107 e. The van der Waals surface area contributed by atoms with Crippen molar-refractivity contribution in [2.45, 2.75) is 12.2 Å². The topological polar surface area (TPSA) is 49.7 Å². The first kappa shape index (κ1) is 10.4. The van der Waals surface area contributed by atoms with E-state index in [9.17, 15) is 0 Å². The molecule has 3 nitrogen and oxygen atoms in total. The van der Waals surface area contributed by atoms with E-state index in [1.165, 1.54) is 6.08 Å². The lowest BCUT2D eigenvalue weighted by molar-refractivity contribution is -0.0245. The molecule has 0 aliphatic carbocycles. The zero-order valence-corrected chi connectivity index (χ0v) is 6.44. The highest BCUT2D eigenvalue weighted by Gasteiger charge is 2.13. The van der Waals surface area contributed by atoms with Crippen molar-refractivity contribution in [3.05, 3.63) is 25.3 Å². The molecule has 0 spiro atoms. The third-order valence-corrected chi connectivity index (χ3v) is 1.21. The van der Waals surface area contributed by atoms with Crippen molar-refractivity contribution >= 4 is 0 Å². The predicted molar refractivity (Wildman–Crippen MR) is 43.2 cm³/mol. The first-order valence-corrected chi connectivity index (χ1v) is 3.40. The average molecular weight is 158 g/mol.